The highest BCUT2D eigenvalue weighted by molar-refractivity contribution is 9.13. The summed E-state index contributed by atoms with van der Waals surface area (Å²) in [5, 5.41) is 11.2. The molecule has 3 nitrogen and oxygen atoms in total. The predicted octanol–water partition coefficient (Wildman–Crippen LogP) is 3.77. The fourth-order valence-electron chi connectivity index (χ4n) is 0.884. The lowest BCUT2D eigenvalue weighted by atomic mass is 10.3. The van der Waals surface area contributed by atoms with Crippen molar-refractivity contribution in [1.82, 2.24) is 5.32 Å². The number of aliphatic imine (C=N–C) groups is 1. The Labute approximate surface area is 113 Å². The molecule has 0 spiro atoms. The Morgan fingerprint density at radius 2 is 2.25 bits per heavy atom. The summed E-state index contributed by atoms with van der Waals surface area (Å²) in [6, 6.07) is 3.20. The number of nitrogens with one attached hydrogen (secondary N) is 1. The molecule has 1 aromatic rings. The molecule has 0 saturated carbocycles. The number of hydrogen-bond donors (Lipinski definition) is 1. The van der Waals surface area contributed by atoms with Crippen molar-refractivity contribution >= 4 is 54.5 Å². The van der Waals surface area contributed by atoms with Crippen molar-refractivity contribution in [1.29, 1.82) is 5.26 Å². The van der Waals surface area contributed by atoms with Crippen molar-refractivity contribution in [3.8, 4) is 6.19 Å². The van der Waals surface area contributed by atoms with E-state index in [0.29, 0.717) is 14.1 Å². The maximum Gasteiger partial charge on any atom is 0.183 e. The first kappa shape index (κ1) is 13.5. The Hall–Kier alpha value is -0.580. The van der Waals surface area contributed by atoms with Crippen LogP contribution >= 0.6 is 43.6 Å². The van der Waals surface area contributed by atoms with E-state index in [9.17, 15) is 4.39 Å². The minimum atomic E-state index is -0.472. The van der Waals surface area contributed by atoms with Crippen molar-refractivity contribution in [3.05, 3.63) is 26.9 Å². The molecule has 1 aromatic carbocycles. The molecular formula is C9H6Br2FN3S. The second kappa shape index (κ2) is 6.23. The second-order valence-corrected chi connectivity index (χ2v) is 4.99. The molecule has 0 saturated heterocycles. The lowest BCUT2D eigenvalue weighted by Crippen LogP contribution is -2.12. The van der Waals surface area contributed by atoms with Crippen LogP contribution in [0.5, 0.6) is 0 Å². The molecule has 0 aliphatic rings. The SMILES string of the molecule is CSC(=Nc1ccc(Br)c(Br)c1F)NC#N. The number of thioether (sulfide) groups is 1. The summed E-state index contributed by atoms with van der Waals surface area (Å²) in [6.07, 6.45) is 3.48. The van der Waals surface area contributed by atoms with Crippen LogP contribution in [0.25, 0.3) is 0 Å². The maximum atomic E-state index is 13.7. The summed E-state index contributed by atoms with van der Waals surface area (Å²) in [7, 11) is 0. The molecule has 0 aliphatic carbocycles. The van der Waals surface area contributed by atoms with Crippen LogP contribution in [-0.4, -0.2) is 11.4 Å². The second-order valence-electron chi connectivity index (χ2n) is 2.55. The number of halogens is 3. The van der Waals surface area contributed by atoms with Gasteiger partial charge in [0.2, 0.25) is 0 Å². The highest BCUT2D eigenvalue weighted by Crippen LogP contribution is 2.32. The van der Waals surface area contributed by atoms with E-state index in [1.807, 2.05) is 0 Å². The van der Waals surface area contributed by atoms with E-state index in [1.165, 1.54) is 17.8 Å². The van der Waals surface area contributed by atoms with Crippen LogP contribution in [0.1, 0.15) is 0 Å². The zero-order valence-electron chi connectivity index (χ0n) is 8.09. The van der Waals surface area contributed by atoms with Gasteiger partial charge in [-0.25, -0.2) is 9.38 Å². The highest BCUT2D eigenvalue weighted by Gasteiger charge is 2.09. The lowest BCUT2D eigenvalue weighted by Gasteiger charge is -2.03. The number of hydrogen-bond acceptors (Lipinski definition) is 3. The van der Waals surface area contributed by atoms with E-state index in [0.717, 1.165) is 0 Å². The average molecular weight is 367 g/mol. The number of benzene rings is 1. The molecule has 1 N–H and O–H groups in total. The fourth-order valence-corrected chi connectivity index (χ4v) is 1.86. The van der Waals surface area contributed by atoms with Crippen molar-refractivity contribution in [2.75, 3.05) is 6.26 Å². The minimum Gasteiger partial charge on any atom is -0.271 e. The molecule has 0 radical (unpaired) electrons. The van der Waals surface area contributed by atoms with E-state index >= 15 is 0 Å². The monoisotopic (exact) mass is 365 g/mol. The van der Waals surface area contributed by atoms with Gasteiger partial charge < -0.3 is 0 Å². The van der Waals surface area contributed by atoms with E-state index in [2.05, 4.69) is 42.2 Å². The van der Waals surface area contributed by atoms with E-state index < -0.39 is 5.82 Å². The van der Waals surface area contributed by atoms with Gasteiger partial charge in [0.1, 0.15) is 5.69 Å². The molecule has 0 bridgehead atoms. The van der Waals surface area contributed by atoms with Gasteiger partial charge >= 0.3 is 0 Å². The summed E-state index contributed by atoms with van der Waals surface area (Å²) in [4.78, 5) is 3.99. The van der Waals surface area contributed by atoms with E-state index in [-0.39, 0.29) is 5.69 Å². The van der Waals surface area contributed by atoms with Gasteiger partial charge in [-0.3, -0.25) is 5.32 Å². The largest absolute Gasteiger partial charge is 0.271 e. The van der Waals surface area contributed by atoms with Crippen LogP contribution in [0.15, 0.2) is 26.1 Å². The first-order chi connectivity index (χ1) is 7.60. The number of amidine groups is 1. The summed E-state index contributed by atoms with van der Waals surface area (Å²) < 4.78 is 14.6. The normalized spacial score (nSPS) is 11.1. The Kier molecular flexibility index (Phi) is 5.25. The molecule has 0 amide bonds. The molecule has 0 heterocycles. The molecule has 0 aliphatic heterocycles. The van der Waals surface area contributed by atoms with Crippen molar-refractivity contribution in [3.63, 3.8) is 0 Å². The average Bonchev–Trinajstić information content (AvgIpc) is 2.29. The lowest BCUT2D eigenvalue weighted by molar-refractivity contribution is 0.622. The van der Waals surface area contributed by atoms with Gasteiger partial charge in [-0.2, -0.15) is 5.26 Å². The Bertz CT molecular complexity index is 471. The van der Waals surface area contributed by atoms with Gasteiger partial charge in [-0.1, -0.05) is 11.8 Å². The summed E-state index contributed by atoms with van der Waals surface area (Å²) in [6.45, 7) is 0. The molecule has 0 unspecified atom stereocenters. The molecule has 0 aromatic heterocycles. The summed E-state index contributed by atoms with van der Waals surface area (Å²) in [5.74, 6) is -0.472. The molecule has 16 heavy (non-hydrogen) atoms. The third kappa shape index (κ3) is 3.20. The first-order valence-electron chi connectivity index (χ1n) is 4.01. The van der Waals surface area contributed by atoms with Crippen LogP contribution in [0.3, 0.4) is 0 Å². The van der Waals surface area contributed by atoms with Crippen molar-refractivity contribution < 1.29 is 4.39 Å². The maximum absolute atomic E-state index is 13.7. The number of rotatable bonds is 1. The predicted molar refractivity (Wildman–Crippen MR) is 71.2 cm³/mol. The van der Waals surface area contributed by atoms with Crippen molar-refractivity contribution in [2.24, 2.45) is 4.99 Å². The summed E-state index contributed by atoms with van der Waals surface area (Å²) in [5.41, 5.74) is 0.169. The van der Waals surface area contributed by atoms with Crippen molar-refractivity contribution in [2.45, 2.75) is 0 Å². The summed E-state index contributed by atoms with van der Waals surface area (Å²) >= 11 is 7.51. The molecule has 0 fully saturated rings. The zero-order valence-corrected chi connectivity index (χ0v) is 12.1. The van der Waals surface area contributed by atoms with Gasteiger partial charge in [-0.05, 0) is 50.2 Å². The third-order valence-electron chi connectivity index (χ3n) is 1.59. The fraction of sp³-hybridized carbons (Fsp3) is 0.111. The topological polar surface area (TPSA) is 48.2 Å². The van der Waals surface area contributed by atoms with Crippen LogP contribution in [-0.2, 0) is 0 Å². The Morgan fingerprint density at radius 3 is 2.81 bits per heavy atom. The molecule has 1 rings (SSSR count). The Morgan fingerprint density at radius 1 is 1.56 bits per heavy atom. The van der Waals surface area contributed by atoms with Crippen LogP contribution in [0.4, 0.5) is 10.1 Å². The van der Waals surface area contributed by atoms with Crippen LogP contribution < -0.4 is 5.32 Å². The molecular weight excluding hydrogens is 361 g/mol. The minimum absolute atomic E-state index is 0.169. The van der Waals surface area contributed by atoms with Gasteiger partial charge in [0.25, 0.3) is 0 Å². The highest BCUT2D eigenvalue weighted by atomic mass is 79.9. The van der Waals surface area contributed by atoms with Gasteiger partial charge in [0.15, 0.2) is 17.2 Å². The molecule has 7 heteroatoms. The standard InChI is InChI=1S/C9H6Br2FN3S/c1-16-9(14-4-13)15-6-3-2-5(10)7(11)8(6)12/h2-3H,1H3,(H,14,15). The molecule has 0 atom stereocenters. The molecule has 84 valence electrons. The van der Waals surface area contributed by atoms with E-state index in [4.69, 9.17) is 5.26 Å². The number of nitrogens with zero attached hydrogens (tertiary/aromatic N) is 2. The van der Waals surface area contributed by atoms with Gasteiger partial charge in [0, 0.05) is 4.47 Å². The van der Waals surface area contributed by atoms with Crippen LogP contribution in [0, 0.1) is 17.3 Å². The zero-order chi connectivity index (χ0) is 12.1. The Balaban J connectivity index is 3.15. The first-order valence-corrected chi connectivity index (χ1v) is 6.82. The van der Waals surface area contributed by atoms with Gasteiger partial charge in [0.05, 0.1) is 4.47 Å². The van der Waals surface area contributed by atoms with Crippen LogP contribution in [0.2, 0.25) is 0 Å². The third-order valence-corrected chi connectivity index (χ3v) is 4.14. The van der Waals surface area contributed by atoms with E-state index in [1.54, 1.807) is 18.5 Å². The quantitative estimate of drug-likeness (QED) is 0.270. The number of nitriles is 1. The smallest absolute Gasteiger partial charge is 0.183 e. The van der Waals surface area contributed by atoms with Gasteiger partial charge in [-0.15, -0.1) is 0 Å².